The first kappa shape index (κ1) is 11.7. The van der Waals surface area contributed by atoms with Crippen LogP contribution in [0.15, 0.2) is 42.5 Å². The summed E-state index contributed by atoms with van der Waals surface area (Å²) in [7, 11) is 3.83. The predicted molar refractivity (Wildman–Crippen MR) is 77.3 cm³/mol. The van der Waals surface area contributed by atoms with Crippen LogP contribution in [0, 0.1) is 0 Å². The van der Waals surface area contributed by atoms with Crippen LogP contribution >= 0.6 is 0 Å². The molecule has 0 fully saturated rings. The number of aromatic nitrogens is 3. The van der Waals surface area contributed by atoms with Gasteiger partial charge in [0.25, 0.3) is 0 Å². The molecule has 0 saturated carbocycles. The molecule has 3 rings (SSSR count). The van der Waals surface area contributed by atoms with Gasteiger partial charge in [0, 0.05) is 20.5 Å². The van der Waals surface area contributed by atoms with Crippen LogP contribution in [0.2, 0.25) is 0 Å². The van der Waals surface area contributed by atoms with Gasteiger partial charge in [0.2, 0.25) is 5.95 Å². The minimum atomic E-state index is 0.788. The fourth-order valence-corrected chi connectivity index (χ4v) is 2.26. The van der Waals surface area contributed by atoms with Gasteiger partial charge in [-0.1, -0.05) is 42.5 Å². The van der Waals surface area contributed by atoms with Crippen LogP contribution in [-0.2, 0) is 13.5 Å². The van der Waals surface area contributed by atoms with Crippen LogP contribution in [-0.4, -0.2) is 21.8 Å². The van der Waals surface area contributed by atoms with E-state index in [2.05, 4.69) is 58.0 Å². The lowest BCUT2D eigenvalue weighted by molar-refractivity contribution is 0.826. The molecule has 1 aromatic heterocycles. The standard InChI is InChI=1S/C15H16N4/c1-16-15-18-17-14(19(15)2)10-11-7-8-12-5-3-4-6-13(12)9-11/h3-9H,10H2,1-2H3,(H,16,18). The monoisotopic (exact) mass is 252 g/mol. The first-order valence-electron chi connectivity index (χ1n) is 6.31. The van der Waals surface area contributed by atoms with Gasteiger partial charge in [-0.2, -0.15) is 0 Å². The van der Waals surface area contributed by atoms with Crippen LogP contribution in [0.1, 0.15) is 11.4 Å². The highest BCUT2D eigenvalue weighted by atomic mass is 15.3. The minimum absolute atomic E-state index is 0.788. The number of nitrogens with one attached hydrogen (secondary N) is 1. The SMILES string of the molecule is CNc1nnc(Cc2ccc3ccccc3c2)n1C. The van der Waals surface area contributed by atoms with Gasteiger partial charge < -0.3 is 9.88 Å². The zero-order chi connectivity index (χ0) is 13.2. The van der Waals surface area contributed by atoms with Crippen molar-refractivity contribution in [2.75, 3.05) is 12.4 Å². The van der Waals surface area contributed by atoms with Crippen LogP contribution in [0.3, 0.4) is 0 Å². The van der Waals surface area contributed by atoms with Crippen molar-refractivity contribution in [3.8, 4) is 0 Å². The van der Waals surface area contributed by atoms with E-state index in [1.165, 1.54) is 16.3 Å². The first-order chi connectivity index (χ1) is 9.28. The number of nitrogens with zero attached hydrogens (tertiary/aromatic N) is 3. The van der Waals surface area contributed by atoms with Crippen molar-refractivity contribution >= 4 is 16.7 Å². The molecule has 19 heavy (non-hydrogen) atoms. The molecule has 1 heterocycles. The fraction of sp³-hybridized carbons (Fsp3) is 0.200. The molecule has 0 bridgehead atoms. The molecule has 2 aromatic carbocycles. The molecule has 0 aliphatic heterocycles. The molecular weight excluding hydrogens is 236 g/mol. The third-order valence-electron chi connectivity index (χ3n) is 3.36. The largest absolute Gasteiger partial charge is 0.357 e. The molecule has 1 N–H and O–H groups in total. The highest BCUT2D eigenvalue weighted by Crippen LogP contribution is 2.18. The lowest BCUT2D eigenvalue weighted by Crippen LogP contribution is -2.03. The third-order valence-corrected chi connectivity index (χ3v) is 3.36. The van der Waals surface area contributed by atoms with Gasteiger partial charge in [-0.3, -0.25) is 0 Å². The predicted octanol–water partition coefficient (Wildman–Crippen LogP) is 2.60. The topological polar surface area (TPSA) is 42.7 Å². The summed E-state index contributed by atoms with van der Waals surface area (Å²) in [5, 5.41) is 13.9. The normalized spacial score (nSPS) is 10.8. The molecule has 0 spiro atoms. The molecule has 4 heteroatoms. The maximum atomic E-state index is 4.21. The van der Waals surface area contributed by atoms with E-state index in [9.17, 15) is 0 Å². The molecular formula is C15H16N4. The molecule has 0 saturated heterocycles. The highest BCUT2D eigenvalue weighted by Gasteiger charge is 2.07. The second kappa shape index (κ2) is 4.72. The summed E-state index contributed by atoms with van der Waals surface area (Å²) >= 11 is 0. The van der Waals surface area contributed by atoms with Crippen LogP contribution in [0.5, 0.6) is 0 Å². The van der Waals surface area contributed by atoms with Crippen LogP contribution < -0.4 is 5.32 Å². The Bertz CT molecular complexity index is 715. The molecule has 0 aliphatic carbocycles. The number of hydrogen-bond acceptors (Lipinski definition) is 3. The number of hydrogen-bond donors (Lipinski definition) is 1. The lowest BCUT2D eigenvalue weighted by Gasteiger charge is -2.05. The Morgan fingerprint density at radius 3 is 2.58 bits per heavy atom. The van der Waals surface area contributed by atoms with Gasteiger partial charge in [0.1, 0.15) is 5.82 Å². The molecule has 0 aliphatic rings. The van der Waals surface area contributed by atoms with Gasteiger partial charge >= 0.3 is 0 Å². The summed E-state index contributed by atoms with van der Waals surface area (Å²) < 4.78 is 1.98. The summed E-state index contributed by atoms with van der Waals surface area (Å²) in [6, 6.07) is 14.9. The zero-order valence-corrected chi connectivity index (χ0v) is 11.1. The summed E-state index contributed by atoms with van der Waals surface area (Å²) in [5.74, 6) is 1.75. The summed E-state index contributed by atoms with van der Waals surface area (Å²) in [6.07, 6.45) is 0.788. The maximum absolute atomic E-state index is 4.21. The maximum Gasteiger partial charge on any atom is 0.224 e. The molecule has 96 valence electrons. The summed E-state index contributed by atoms with van der Waals surface area (Å²) in [4.78, 5) is 0. The Morgan fingerprint density at radius 1 is 1.05 bits per heavy atom. The minimum Gasteiger partial charge on any atom is -0.357 e. The number of rotatable bonds is 3. The molecule has 3 aromatic rings. The Labute approximate surface area is 112 Å². The van der Waals surface area contributed by atoms with E-state index in [1.54, 1.807) is 0 Å². The smallest absolute Gasteiger partial charge is 0.224 e. The van der Waals surface area contributed by atoms with Gasteiger partial charge in [-0.05, 0) is 16.3 Å². The summed E-state index contributed by atoms with van der Waals surface area (Å²) in [5.41, 5.74) is 1.25. The van der Waals surface area contributed by atoms with Gasteiger partial charge in [-0.25, -0.2) is 0 Å². The molecule has 4 nitrogen and oxygen atoms in total. The van der Waals surface area contributed by atoms with Gasteiger partial charge in [0.15, 0.2) is 0 Å². The Hall–Kier alpha value is -2.36. The second-order valence-corrected chi connectivity index (χ2v) is 4.61. The second-order valence-electron chi connectivity index (χ2n) is 4.61. The van der Waals surface area contributed by atoms with Crippen molar-refractivity contribution in [2.24, 2.45) is 7.05 Å². The first-order valence-corrected chi connectivity index (χ1v) is 6.31. The van der Waals surface area contributed by atoms with Gasteiger partial charge in [0.05, 0.1) is 0 Å². The number of anilines is 1. The van der Waals surface area contributed by atoms with Crippen molar-refractivity contribution in [1.82, 2.24) is 14.8 Å². The molecule has 0 amide bonds. The van der Waals surface area contributed by atoms with E-state index in [0.29, 0.717) is 0 Å². The van der Waals surface area contributed by atoms with Crippen LogP contribution in [0.4, 0.5) is 5.95 Å². The summed E-state index contributed by atoms with van der Waals surface area (Å²) in [6.45, 7) is 0. The van der Waals surface area contributed by atoms with E-state index in [-0.39, 0.29) is 0 Å². The fourth-order valence-electron chi connectivity index (χ4n) is 2.26. The lowest BCUT2D eigenvalue weighted by atomic mass is 10.1. The number of fused-ring (bicyclic) bond motifs is 1. The van der Waals surface area contributed by atoms with Crippen molar-refractivity contribution in [3.05, 3.63) is 53.9 Å². The Morgan fingerprint density at radius 2 is 1.84 bits per heavy atom. The van der Waals surface area contributed by atoms with Gasteiger partial charge in [-0.15, -0.1) is 10.2 Å². The van der Waals surface area contributed by atoms with Crippen LogP contribution in [0.25, 0.3) is 10.8 Å². The third kappa shape index (κ3) is 2.17. The molecule has 0 atom stereocenters. The van der Waals surface area contributed by atoms with Crippen molar-refractivity contribution < 1.29 is 0 Å². The molecule has 0 unspecified atom stereocenters. The Kier molecular flexibility index (Phi) is 2.91. The Balaban J connectivity index is 1.94. The van der Waals surface area contributed by atoms with E-state index < -0.39 is 0 Å². The van der Waals surface area contributed by atoms with E-state index in [4.69, 9.17) is 0 Å². The zero-order valence-electron chi connectivity index (χ0n) is 11.1. The van der Waals surface area contributed by atoms with Crippen molar-refractivity contribution in [2.45, 2.75) is 6.42 Å². The average Bonchev–Trinajstić information content (AvgIpc) is 2.79. The van der Waals surface area contributed by atoms with E-state index in [1.807, 2.05) is 18.7 Å². The molecule has 0 radical (unpaired) electrons. The van der Waals surface area contributed by atoms with E-state index >= 15 is 0 Å². The highest BCUT2D eigenvalue weighted by molar-refractivity contribution is 5.83. The van der Waals surface area contributed by atoms with Crippen molar-refractivity contribution in [3.63, 3.8) is 0 Å². The number of benzene rings is 2. The van der Waals surface area contributed by atoms with Crippen molar-refractivity contribution in [1.29, 1.82) is 0 Å². The van der Waals surface area contributed by atoms with E-state index in [0.717, 1.165) is 18.2 Å². The average molecular weight is 252 g/mol. The quantitative estimate of drug-likeness (QED) is 0.779.